The normalized spacial score (nSPS) is 21.5. The third-order valence-electron chi connectivity index (χ3n) is 1.10. The lowest BCUT2D eigenvalue weighted by Crippen LogP contribution is -2.14. The molecule has 0 amide bonds. The van der Waals surface area contributed by atoms with Crippen molar-refractivity contribution in [1.29, 1.82) is 0 Å². The summed E-state index contributed by atoms with van der Waals surface area (Å²) in [5.74, 6) is 0. The molecule has 1 fully saturated rings. The summed E-state index contributed by atoms with van der Waals surface area (Å²) >= 11 is 0. The van der Waals surface area contributed by atoms with Gasteiger partial charge in [-0.25, -0.2) is 0 Å². The van der Waals surface area contributed by atoms with E-state index in [-0.39, 0.29) is 0 Å². The van der Waals surface area contributed by atoms with Crippen LogP contribution in [-0.2, 0) is 4.74 Å². The molecule has 2 heteroatoms. The number of hydrogen-bond donors (Lipinski definition) is 0. The molecular weight excluding hydrogens is 102 g/mol. The van der Waals surface area contributed by atoms with Crippen LogP contribution in [-0.4, -0.2) is 24.8 Å². The number of nitrogens with zero attached hydrogens (tertiary/aromatic N) is 1. The molecule has 0 spiro atoms. The lowest BCUT2D eigenvalue weighted by molar-refractivity contribution is 0.157. The van der Waals surface area contributed by atoms with E-state index in [9.17, 15) is 0 Å². The average molecular weight is 112 g/mol. The molecule has 45 valence electrons. The Balaban J connectivity index is 2.14. The van der Waals surface area contributed by atoms with Gasteiger partial charge in [-0.3, -0.25) is 4.90 Å². The van der Waals surface area contributed by atoms with Crippen molar-refractivity contribution in [1.82, 2.24) is 4.90 Å². The largest absolute Gasteiger partial charge is 0.365 e. The molecule has 0 aliphatic carbocycles. The lowest BCUT2D eigenvalue weighted by Gasteiger charge is -2.06. The Morgan fingerprint density at radius 3 is 3.00 bits per heavy atom. The van der Waals surface area contributed by atoms with Gasteiger partial charge in [0, 0.05) is 13.1 Å². The highest BCUT2D eigenvalue weighted by Crippen LogP contribution is 2.00. The third-order valence-corrected chi connectivity index (χ3v) is 1.10. The van der Waals surface area contributed by atoms with Gasteiger partial charge in [0.1, 0.15) is 0 Å². The van der Waals surface area contributed by atoms with E-state index in [0.29, 0.717) is 0 Å². The second-order valence-electron chi connectivity index (χ2n) is 1.73. The fourth-order valence-electron chi connectivity index (χ4n) is 0.695. The highest BCUT2D eigenvalue weighted by atomic mass is 16.5. The van der Waals surface area contributed by atoms with Crippen LogP contribution in [0.5, 0.6) is 0 Å². The Kier molecular flexibility index (Phi) is 2.06. The van der Waals surface area contributed by atoms with Crippen molar-refractivity contribution >= 4 is 0 Å². The molecule has 1 aliphatic heterocycles. The second-order valence-corrected chi connectivity index (χ2v) is 1.73. The molecule has 2 nitrogen and oxygen atoms in total. The molecule has 0 aromatic rings. The maximum Gasteiger partial charge on any atom is 0.0997 e. The first-order valence-electron chi connectivity index (χ1n) is 2.71. The molecule has 8 heavy (non-hydrogen) atoms. The van der Waals surface area contributed by atoms with Crippen molar-refractivity contribution in [3.8, 4) is 0 Å². The van der Waals surface area contributed by atoms with E-state index in [1.807, 2.05) is 6.54 Å². The van der Waals surface area contributed by atoms with Crippen LogP contribution >= 0.6 is 0 Å². The predicted octanol–water partition coefficient (Wildman–Crippen LogP) is 0.624. The molecule has 0 atom stereocenters. The molecule has 0 saturated carbocycles. The third kappa shape index (κ3) is 1.32. The van der Waals surface area contributed by atoms with Crippen LogP contribution in [0.1, 0.15) is 0 Å². The predicted molar refractivity (Wildman–Crippen MR) is 32.0 cm³/mol. The molecule has 1 aliphatic rings. The summed E-state index contributed by atoms with van der Waals surface area (Å²) in [7, 11) is 0. The van der Waals surface area contributed by atoms with E-state index in [0.717, 1.165) is 19.9 Å². The summed E-state index contributed by atoms with van der Waals surface area (Å²) in [5.41, 5.74) is 0. The van der Waals surface area contributed by atoms with Crippen molar-refractivity contribution in [2.24, 2.45) is 0 Å². The fourth-order valence-corrected chi connectivity index (χ4v) is 0.695. The van der Waals surface area contributed by atoms with E-state index < -0.39 is 0 Å². The standard InChI is InChI=1S/C6H10NO/c1-2-3-7-4-5-8-6-7/h2-3H,1,4-6H2. The minimum atomic E-state index is 0.728. The van der Waals surface area contributed by atoms with Gasteiger partial charge in [-0.15, -0.1) is 6.58 Å². The van der Waals surface area contributed by atoms with E-state index >= 15 is 0 Å². The molecule has 0 aromatic heterocycles. The molecule has 1 heterocycles. The highest BCUT2D eigenvalue weighted by Gasteiger charge is 2.08. The zero-order valence-electron chi connectivity index (χ0n) is 4.84. The van der Waals surface area contributed by atoms with E-state index in [1.165, 1.54) is 0 Å². The van der Waals surface area contributed by atoms with Crippen LogP contribution in [0.25, 0.3) is 0 Å². The van der Waals surface area contributed by atoms with E-state index in [4.69, 9.17) is 4.74 Å². The average Bonchev–Trinajstić information content (AvgIpc) is 2.19. The van der Waals surface area contributed by atoms with Gasteiger partial charge >= 0.3 is 0 Å². The summed E-state index contributed by atoms with van der Waals surface area (Å²) in [4.78, 5) is 2.08. The molecule has 0 aromatic carbocycles. The number of hydrogen-bond acceptors (Lipinski definition) is 2. The van der Waals surface area contributed by atoms with Crippen molar-refractivity contribution in [2.75, 3.05) is 19.9 Å². The van der Waals surface area contributed by atoms with Crippen LogP contribution in [0.3, 0.4) is 0 Å². The molecule has 0 N–H and O–H groups in total. The highest BCUT2D eigenvalue weighted by molar-refractivity contribution is 4.86. The van der Waals surface area contributed by atoms with Gasteiger partial charge in [-0.05, 0) is 0 Å². The molecule has 0 bridgehead atoms. The summed E-state index contributed by atoms with van der Waals surface area (Å²) < 4.78 is 5.06. The van der Waals surface area contributed by atoms with Gasteiger partial charge in [-0.2, -0.15) is 0 Å². The Hall–Kier alpha value is -0.340. The van der Waals surface area contributed by atoms with Gasteiger partial charge in [0.15, 0.2) is 0 Å². The van der Waals surface area contributed by atoms with Crippen molar-refractivity contribution in [3.05, 3.63) is 19.2 Å². The minimum Gasteiger partial charge on any atom is -0.365 e. The quantitative estimate of drug-likeness (QED) is 0.519. The molecule has 1 rings (SSSR count). The number of rotatable bonds is 2. The maximum atomic E-state index is 5.06. The topological polar surface area (TPSA) is 12.5 Å². The van der Waals surface area contributed by atoms with Crippen molar-refractivity contribution < 1.29 is 4.74 Å². The van der Waals surface area contributed by atoms with Crippen molar-refractivity contribution in [2.45, 2.75) is 0 Å². The summed E-state index contributed by atoms with van der Waals surface area (Å²) in [5, 5.41) is 0. The van der Waals surface area contributed by atoms with Gasteiger partial charge in [0.2, 0.25) is 0 Å². The molecule has 1 saturated heterocycles. The summed E-state index contributed by atoms with van der Waals surface area (Å²) in [6.07, 6.45) is 1.77. The molecule has 1 radical (unpaired) electrons. The van der Waals surface area contributed by atoms with Crippen LogP contribution in [0.4, 0.5) is 0 Å². The Morgan fingerprint density at radius 1 is 1.62 bits per heavy atom. The van der Waals surface area contributed by atoms with Crippen molar-refractivity contribution in [3.63, 3.8) is 0 Å². The minimum absolute atomic E-state index is 0.728. The molecular formula is C6H10NO. The first kappa shape index (κ1) is 5.79. The van der Waals surface area contributed by atoms with Gasteiger partial charge in [-0.1, -0.05) is 6.08 Å². The first-order valence-corrected chi connectivity index (χ1v) is 2.71. The van der Waals surface area contributed by atoms with E-state index in [2.05, 4.69) is 11.5 Å². The van der Waals surface area contributed by atoms with Crippen LogP contribution in [0.2, 0.25) is 0 Å². The lowest BCUT2D eigenvalue weighted by atomic mass is 10.5. The number of ether oxygens (including phenoxy) is 1. The fraction of sp³-hybridized carbons (Fsp3) is 0.500. The smallest absolute Gasteiger partial charge is 0.0997 e. The second kappa shape index (κ2) is 2.84. The van der Waals surface area contributed by atoms with E-state index in [1.54, 1.807) is 6.08 Å². The molecule has 0 unspecified atom stereocenters. The SMILES string of the molecule is C=C[CH]N1CCOC1. The maximum absolute atomic E-state index is 5.06. The summed E-state index contributed by atoms with van der Waals surface area (Å²) in [6.45, 7) is 8.09. The first-order chi connectivity index (χ1) is 3.93. The van der Waals surface area contributed by atoms with Gasteiger partial charge in [0.25, 0.3) is 0 Å². The van der Waals surface area contributed by atoms with Crippen LogP contribution < -0.4 is 0 Å². The van der Waals surface area contributed by atoms with Gasteiger partial charge in [0.05, 0.1) is 13.3 Å². The van der Waals surface area contributed by atoms with Crippen LogP contribution in [0, 0.1) is 6.54 Å². The Bertz CT molecular complexity index is 76.6. The Labute approximate surface area is 49.7 Å². The zero-order valence-corrected chi connectivity index (χ0v) is 4.84. The monoisotopic (exact) mass is 112 g/mol. The van der Waals surface area contributed by atoms with Gasteiger partial charge < -0.3 is 4.74 Å². The zero-order chi connectivity index (χ0) is 5.82. The Morgan fingerprint density at radius 2 is 2.50 bits per heavy atom. The summed E-state index contributed by atoms with van der Waals surface area (Å²) in [6, 6.07) is 0. The van der Waals surface area contributed by atoms with Crippen LogP contribution in [0.15, 0.2) is 12.7 Å².